The number of carbonyl (C=O) groups excluding carboxylic acids is 1. The second kappa shape index (κ2) is 7.12. The molecule has 0 aliphatic carbocycles. The summed E-state index contributed by atoms with van der Waals surface area (Å²) in [6.07, 6.45) is 0. The number of benzene rings is 2. The normalized spacial score (nSPS) is 10.3. The van der Waals surface area contributed by atoms with E-state index in [2.05, 4.69) is 31.5 Å². The summed E-state index contributed by atoms with van der Waals surface area (Å²) in [6.45, 7) is 0. The van der Waals surface area contributed by atoms with Crippen molar-refractivity contribution < 1.29 is 4.79 Å². The first-order valence-corrected chi connectivity index (χ1v) is 8.71. The van der Waals surface area contributed by atoms with Gasteiger partial charge < -0.3 is 10.6 Å². The van der Waals surface area contributed by atoms with Crippen LogP contribution in [-0.4, -0.2) is 10.9 Å². The van der Waals surface area contributed by atoms with Gasteiger partial charge in [0.15, 0.2) is 5.13 Å². The molecule has 0 saturated carbocycles. The largest absolute Gasteiger partial charge is 0.330 e. The van der Waals surface area contributed by atoms with Crippen LogP contribution in [0.25, 0.3) is 0 Å². The minimum Gasteiger partial charge on any atom is -0.330 e. The van der Waals surface area contributed by atoms with E-state index in [0.717, 1.165) is 10.2 Å². The third-order valence-corrected chi connectivity index (χ3v) is 4.57. The molecule has 0 saturated heterocycles. The lowest BCUT2D eigenvalue weighted by Gasteiger charge is -2.04. The van der Waals surface area contributed by atoms with E-state index in [4.69, 9.17) is 11.6 Å². The number of amides is 1. The Bertz CT molecular complexity index is 835. The maximum atomic E-state index is 12.2. The number of aromatic nitrogens is 1. The fourth-order valence-electron chi connectivity index (χ4n) is 1.84. The molecule has 0 bridgehead atoms. The number of hydrogen-bond acceptors (Lipinski definition) is 4. The van der Waals surface area contributed by atoms with E-state index in [9.17, 15) is 4.79 Å². The molecule has 0 atom stereocenters. The van der Waals surface area contributed by atoms with E-state index in [1.807, 2.05) is 42.5 Å². The molecule has 1 aromatic heterocycles. The van der Waals surface area contributed by atoms with Crippen molar-refractivity contribution in [1.82, 2.24) is 4.98 Å². The number of nitrogens with one attached hydrogen (secondary N) is 2. The summed E-state index contributed by atoms with van der Waals surface area (Å²) in [6, 6.07) is 14.7. The monoisotopic (exact) mass is 407 g/mol. The molecule has 1 amide bonds. The van der Waals surface area contributed by atoms with Crippen molar-refractivity contribution in [3.8, 4) is 0 Å². The zero-order valence-electron chi connectivity index (χ0n) is 11.7. The van der Waals surface area contributed by atoms with Crippen molar-refractivity contribution in [3.05, 3.63) is 69.1 Å². The summed E-state index contributed by atoms with van der Waals surface area (Å²) in [4.78, 5) is 16.5. The Balaban J connectivity index is 1.70. The SMILES string of the molecule is O=C(Nc1ccc(Br)cc1)c1csc(Nc2ccccc2Cl)n1. The molecule has 0 radical (unpaired) electrons. The average molecular weight is 409 g/mol. The van der Waals surface area contributed by atoms with Crippen molar-refractivity contribution in [2.45, 2.75) is 0 Å². The minimum absolute atomic E-state index is 0.254. The molecule has 2 aromatic carbocycles. The van der Waals surface area contributed by atoms with Crippen molar-refractivity contribution in [2.75, 3.05) is 10.6 Å². The van der Waals surface area contributed by atoms with Gasteiger partial charge in [-0.3, -0.25) is 4.79 Å². The van der Waals surface area contributed by atoms with Crippen molar-refractivity contribution >= 4 is 61.3 Å². The molecule has 0 unspecified atom stereocenters. The van der Waals surface area contributed by atoms with Crippen molar-refractivity contribution in [3.63, 3.8) is 0 Å². The molecule has 0 aliphatic heterocycles. The predicted octanol–water partition coefficient (Wildman–Crippen LogP) is 5.55. The van der Waals surface area contributed by atoms with Gasteiger partial charge in [0.2, 0.25) is 0 Å². The Hall–Kier alpha value is -1.89. The number of anilines is 3. The van der Waals surface area contributed by atoms with Gasteiger partial charge in [0.05, 0.1) is 10.7 Å². The lowest BCUT2D eigenvalue weighted by molar-refractivity contribution is 0.102. The van der Waals surface area contributed by atoms with Gasteiger partial charge in [-0.1, -0.05) is 39.7 Å². The number of hydrogen-bond donors (Lipinski definition) is 2. The molecular weight excluding hydrogens is 398 g/mol. The van der Waals surface area contributed by atoms with Crippen molar-refractivity contribution in [2.24, 2.45) is 0 Å². The molecule has 0 aliphatic rings. The third-order valence-electron chi connectivity index (χ3n) is 2.95. The second-order valence-corrected chi connectivity index (χ2v) is 6.78. The quantitative estimate of drug-likeness (QED) is 0.594. The molecule has 3 aromatic rings. The molecule has 3 rings (SSSR count). The summed E-state index contributed by atoms with van der Waals surface area (Å²) in [7, 11) is 0. The van der Waals surface area contributed by atoms with E-state index in [1.165, 1.54) is 11.3 Å². The summed E-state index contributed by atoms with van der Waals surface area (Å²) >= 11 is 10.8. The number of rotatable bonds is 4. The van der Waals surface area contributed by atoms with Crippen LogP contribution in [0.15, 0.2) is 58.4 Å². The summed E-state index contributed by atoms with van der Waals surface area (Å²) in [5.41, 5.74) is 1.82. The molecular formula is C16H11BrClN3OS. The second-order valence-electron chi connectivity index (χ2n) is 4.60. The number of carbonyl (C=O) groups is 1. The first kappa shape index (κ1) is 16.0. The van der Waals surface area contributed by atoms with Gasteiger partial charge in [-0.25, -0.2) is 4.98 Å². The van der Waals surface area contributed by atoms with Crippen LogP contribution in [0.2, 0.25) is 5.02 Å². The van der Waals surface area contributed by atoms with Crippen LogP contribution in [0.3, 0.4) is 0 Å². The molecule has 116 valence electrons. The van der Waals surface area contributed by atoms with Gasteiger partial charge in [-0.15, -0.1) is 11.3 Å². The van der Waals surface area contributed by atoms with E-state index in [1.54, 1.807) is 11.4 Å². The highest BCUT2D eigenvalue weighted by Gasteiger charge is 2.12. The Morgan fingerprint density at radius 2 is 1.87 bits per heavy atom. The Kier molecular flexibility index (Phi) is 4.95. The molecule has 0 fully saturated rings. The number of para-hydroxylation sites is 1. The molecule has 7 heteroatoms. The van der Waals surface area contributed by atoms with E-state index >= 15 is 0 Å². The maximum absolute atomic E-state index is 12.2. The highest BCUT2D eigenvalue weighted by molar-refractivity contribution is 9.10. The van der Waals surface area contributed by atoms with Crippen molar-refractivity contribution in [1.29, 1.82) is 0 Å². The molecule has 1 heterocycles. The molecule has 4 nitrogen and oxygen atoms in total. The first-order valence-electron chi connectivity index (χ1n) is 6.66. The Labute approximate surface area is 150 Å². The lowest BCUT2D eigenvalue weighted by Crippen LogP contribution is -2.12. The number of thiazole rings is 1. The van der Waals surface area contributed by atoms with Crippen LogP contribution in [0, 0.1) is 0 Å². The minimum atomic E-state index is -0.254. The summed E-state index contributed by atoms with van der Waals surface area (Å²) in [5.74, 6) is -0.254. The summed E-state index contributed by atoms with van der Waals surface area (Å²) < 4.78 is 0.954. The van der Waals surface area contributed by atoms with E-state index in [-0.39, 0.29) is 5.91 Å². The third kappa shape index (κ3) is 4.10. The van der Waals surface area contributed by atoms with Gasteiger partial charge in [-0.05, 0) is 36.4 Å². The molecule has 2 N–H and O–H groups in total. The smallest absolute Gasteiger partial charge is 0.275 e. The van der Waals surface area contributed by atoms with Gasteiger partial charge >= 0.3 is 0 Å². The predicted molar refractivity (Wildman–Crippen MR) is 98.9 cm³/mol. The van der Waals surface area contributed by atoms with E-state index in [0.29, 0.717) is 21.5 Å². The van der Waals surface area contributed by atoms with Crippen LogP contribution in [0.4, 0.5) is 16.5 Å². The first-order chi connectivity index (χ1) is 11.1. The standard InChI is InChI=1S/C16H11BrClN3OS/c17-10-5-7-11(8-6-10)19-15(22)14-9-23-16(21-14)20-13-4-2-1-3-12(13)18/h1-9H,(H,19,22)(H,20,21). The summed E-state index contributed by atoms with van der Waals surface area (Å²) in [5, 5.41) is 8.83. The number of nitrogens with zero attached hydrogens (tertiary/aromatic N) is 1. The average Bonchev–Trinajstić information content (AvgIpc) is 3.01. The van der Waals surface area contributed by atoms with Crippen LogP contribution in [0.1, 0.15) is 10.5 Å². The fraction of sp³-hybridized carbons (Fsp3) is 0. The topological polar surface area (TPSA) is 54.0 Å². The Morgan fingerprint density at radius 1 is 1.13 bits per heavy atom. The Morgan fingerprint density at radius 3 is 2.61 bits per heavy atom. The van der Waals surface area contributed by atoms with Gasteiger partial charge in [-0.2, -0.15) is 0 Å². The zero-order valence-corrected chi connectivity index (χ0v) is 14.9. The van der Waals surface area contributed by atoms with E-state index < -0.39 is 0 Å². The van der Waals surface area contributed by atoms with Crippen LogP contribution in [0.5, 0.6) is 0 Å². The van der Waals surface area contributed by atoms with Gasteiger partial charge in [0.1, 0.15) is 5.69 Å². The van der Waals surface area contributed by atoms with Crippen LogP contribution < -0.4 is 10.6 Å². The van der Waals surface area contributed by atoms with Gasteiger partial charge in [0.25, 0.3) is 5.91 Å². The lowest BCUT2D eigenvalue weighted by atomic mass is 10.3. The van der Waals surface area contributed by atoms with Crippen LogP contribution >= 0.6 is 38.9 Å². The van der Waals surface area contributed by atoms with Gasteiger partial charge in [0, 0.05) is 15.5 Å². The zero-order chi connectivity index (χ0) is 16.2. The fourth-order valence-corrected chi connectivity index (χ4v) is 2.99. The maximum Gasteiger partial charge on any atom is 0.275 e. The molecule has 0 spiro atoms. The highest BCUT2D eigenvalue weighted by atomic mass is 79.9. The van der Waals surface area contributed by atoms with Crippen LogP contribution in [-0.2, 0) is 0 Å². The highest BCUT2D eigenvalue weighted by Crippen LogP contribution is 2.27. The number of halogens is 2. The molecule has 23 heavy (non-hydrogen) atoms.